The molecule has 20 heavy (non-hydrogen) atoms. The van der Waals surface area contributed by atoms with Crippen LogP contribution >= 0.6 is 15.9 Å². The lowest BCUT2D eigenvalue weighted by molar-refractivity contribution is 0.402. The Hall–Kier alpha value is -1.32. The van der Waals surface area contributed by atoms with Crippen LogP contribution in [0.15, 0.2) is 53.0 Å². The van der Waals surface area contributed by atoms with Crippen LogP contribution in [0.25, 0.3) is 0 Å². The number of hydrogen-bond donors (Lipinski definition) is 1. The molecule has 3 rings (SSSR count). The second kappa shape index (κ2) is 5.58. The average molecular weight is 332 g/mol. The van der Waals surface area contributed by atoms with Crippen molar-refractivity contribution in [3.05, 3.63) is 64.1 Å². The van der Waals surface area contributed by atoms with E-state index in [0.29, 0.717) is 11.8 Å². The molecule has 0 bridgehead atoms. The molecule has 3 unspecified atom stereocenters. The van der Waals surface area contributed by atoms with E-state index in [1.807, 2.05) is 12.1 Å². The second-order valence-electron chi connectivity index (χ2n) is 5.33. The fourth-order valence-electron chi connectivity index (χ4n) is 2.89. The number of hydrogen-bond acceptors (Lipinski definition) is 2. The van der Waals surface area contributed by atoms with Crippen LogP contribution in [0.1, 0.15) is 29.5 Å². The molecule has 2 aromatic carbocycles. The maximum absolute atomic E-state index is 6.46. The van der Waals surface area contributed by atoms with Crippen LogP contribution in [0.5, 0.6) is 5.75 Å². The van der Waals surface area contributed by atoms with Gasteiger partial charge < -0.3 is 10.5 Å². The smallest absolute Gasteiger partial charge is 0.124 e. The first-order chi connectivity index (χ1) is 9.70. The summed E-state index contributed by atoms with van der Waals surface area (Å²) in [6.07, 6.45) is 1.16. The summed E-state index contributed by atoms with van der Waals surface area (Å²) in [5.41, 5.74) is 8.95. The predicted molar refractivity (Wildman–Crippen MR) is 84.9 cm³/mol. The lowest BCUT2D eigenvalue weighted by Crippen LogP contribution is -2.14. The van der Waals surface area contributed by atoms with Crippen LogP contribution in [-0.4, -0.2) is 7.11 Å². The molecular formula is C17H18BrNO. The number of benzene rings is 2. The molecule has 2 aromatic rings. The van der Waals surface area contributed by atoms with E-state index in [2.05, 4.69) is 52.3 Å². The topological polar surface area (TPSA) is 35.2 Å². The SMILES string of the molecule is COc1cc(Br)ccc1C(N)C1CC1c1ccccc1. The van der Waals surface area contributed by atoms with Crippen molar-refractivity contribution in [2.45, 2.75) is 18.4 Å². The summed E-state index contributed by atoms with van der Waals surface area (Å²) in [6.45, 7) is 0. The fraction of sp³-hybridized carbons (Fsp3) is 0.294. The van der Waals surface area contributed by atoms with Gasteiger partial charge in [0.1, 0.15) is 5.75 Å². The minimum Gasteiger partial charge on any atom is -0.496 e. The molecular weight excluding hydrogens is 314 g/mol. The van der Waals surface area contributed by atoms with Crippen molar-refractivity contribution in [2.75, 3.05) is 7.11 Å². The highest BCUT2D eigenvalue weighted by Gasteiger charge is 2.43. The third-order valence-corrected chi connectivity index (χ3v) is 4.58. The van der Waals surface area contributed by atoms with Gasteiger partial charge in [0, 0.05) is 16.1 Å². The largest absolute Gasteiger partial charge is 0.496 e. The Morgan fingerprint density at radius 3 is 2.65 bits per heavy atom. The van der Waals surface area contributed by atoms with Gasteiger partial charge in [-0.1, -0.05) is 52.3 Å². The molecule has 0 spiro atoms. The van der Waals surface area contributed by atoms with Gasteiger partial charge in [-0.05, 0) is 36.0 Å². The summed E-state index contributed by atoms with van der Waals surface area (Å²) in [5.74, 6) is 1.96. The fourth-order valence-corrected chi connectivity index (χ4v) is 3.23. The maximum Gasteiger partial charge on any atom is 0.124 e. The molecule has 0 heterocycles. The van der Waals surface area contributed by atoms with Gasteiger partial charge in [-0.25, -0.2) is 0 Å². The molecule has 0 amide bonds. The van der Waals surface area contributed by atoms with Crippen LogP contribution in [0.4, 0.5) is 0 Å². The van der Waals surface area contributed by atoms with Crippen molar-refractivity contribution in [1.82, 2.24) is 0 Å². The van der Waals surface area contributed by atoms with Crippen LogP contribution < -0.4 is 10.5 Å². The molecule has 2 nitrogen and oxygen atoms in total. The molecule has 0 aromatic heterocycles. The first kappa shape index (κ1) is 13.7. The van der Waals surface area contributed by atoms with E-state index in [9.17, 15) is 0 Å². The van der Waals surface area contributed by atoms with E-state index in [4.69, 9.17) is 10.5 Å². The quantitative estimate of drug-likeness (QED) is 0.908. The number of ether oxygens (including phenoxy) is 1. The third-order valence-electron chi connectivity index (χ3n) is 4.08. The predicted octanol–water partition coefficient (Wildman–Crippen LogP) is 4.26. The molecule has 2 N–H and O–H groups in total. The standard InChI is InChI=1S/C17H18BrNO/c1-20-16-9-12(18)7-8-13(16)17(19)15-10-14(15)11-5-3-2-4-6-11/h2-9,14-15,17H,10,19H2,1H3. The Kier molecular flexibility index (Phi) is 3.81. The maximum atomic E-state index is 6.46. The van der Waals surface area contributed by atoms with E-state index >= 15 is 0 Å². The van der Waals surface area contributed by atoms with Crippen molar-refractivity contribution in [3.8, 4) is 5.75 Å². The van der Waals surface area contributed by atoms with Crippen molar-refractivity contribution >= 4 is 15.9 Å². The molecule has 0 aliphatic heterocycles. The molecule has 0 saturated heterocycles. The number of rotatable bonds is 4. The van der Waals surface area contributed by atoms with Gasteiger partial charge in [0.15, 0.2) is 0 Å². The van der Waals surface area contributed by atoms with Gasteiger partial charge in [0.25, 0.3) is 0 Å². The van der Waals surface area contributed by atoms with Crippen LogP contribution in [-0.2, 0) is 0 Å². The number of nitrogens with two attached hydrogens (primary N) is 1. The average Bonchev–Trinajstić information content (AvgIpc) is 3.28. The molecule has 1 aliphatic rings. The minimum atomic E-state index is 0.0308. The van der Waals surface area contributed by atoms with E-state index in [1.54, 1.807) is 7.11 Å². The van der Waals surface area contributed by atoms with Crippen LogP contribution in [0, 0.1) is 5.92 Å². The van der Waals surface area contributed by atoms with Crippen molar-refractivity contribution in [3.63, 3.8) is 0 Å². The van der Waals surface area contributed by atoms with E-state index in [-0.39, 0.29) is 6.04 Å². The monoisotopic (exact) mass is 331 g/mol. The Morgan fingerprint density at radius 1 is 1.20 bits per heavy atom. The molecule has 1 fully saturated rings. The lowest BCUT2D eigenvalue weighted by atomic mass is 9.99. The number of halogens is 1. The summed E-state index contributed by atoms with van der Waals surface area (Å²) in [6, 6.07) is 16.7. The molecule has 3 heteroatoms. The third kappa shape index (κ3) is 2.60. The molecule has 1 saturated carbocycles. The highest BCUT2D eigenvalue weighted by molar-refractivity contribution is 9.10. The zero-order valence-electron chi connectivity index (χ0n) is 11.4. The summed E-state index contributed by atoms with van der Waals surface area (Å²) in [7, 11) is 1.69. The van der Waals surface area contributed by atoms with Gasteiger partial charge in [0.2, 0.25) is 0 Å². The zero-order chi connectivity index (χ0) is 14.1. The molecule has 1 aliphatic carbocycles. The number of methoxy groups -OCH3 is 1. The Labute approximate surface area is 128 Å². The zero-order valence-corrected chi connectivity index (χ0v) is 13.0. The van der Waals surface area contributed by atoms with E-state index in [0.717, 1.165) is 22.2 Å². The van der Waals surface area contributed by atoms with Crippen LogP contribution in [0.3, 0.4) is 0 Å². The molecule has 104 valence electrons. The normalized spacial score (nSPS) is 22.4. The molecule has 0 radical (unpaired) electrons. The highest BCUT2D eigenvalue weighted by Crippen LogP contribution is 2.54. The summed E-state index contributed by atoms with van der Waals surface area (Å²) >= 11 is 3.47. The van der Waals surface area contributed by atoms with Crippen LogP contribution in [0.2, 0.25) is 0 Å². The van der Waals surface area contributed by atoms with E-state index in [1.165, 1.54) is 5.56 Å². The van der Waals surface area contributed by atoms with Gasteiger partial charge in [-0.2, -0.15) is 0 Å². The first-order valence-corrected chi connectivity index (χ1v) is 7.64. The second-order valence-corrected chi connectivity index (χ2v) is 6.24. The summed E-state index contributed by atoms with van der Waals surface area (Å²) < 4.78 is 6.47. The molecule has 3 atom stereocenters. The van der Waals surface area contributed by atoms with Gasteiger partial charge in [-0.15, -0.1) is 0 Å². The summed E-state index contributed by atoms with van der Waals surface area (Å²) in [5, 5.41) is 0. The Morgan fingerprint density at radius 2 is 1.95 bits per heavy atom. The Balaban J connectivity index is 1.80. The van der Waals surface area contributed by atoms with Gasteiger partial charge in [0.05, 0.1) is 7.11 Å². The van der Waals surface area contributed by atoms with Gasteiger partial charge in [-0.3, -0.25) is 0 Å². The Bertz CT molecular complexity index is 599. The van der Waals surface area contributed by atoms with Crippen molar-refractivity contribution in [2.24, 2.45) is 11.7 Å². The lowest BCUT2D eigenvalue weighted by Gasteiger charge is -2.16. The van der Waals surface area contributed by atoms with Crippen molar-refractivity contribution in [1.29, 1.82) is 0 Å². The summed E-state index contributed by atoms with van der Waals surface area (Å²) in [4.78, 5) is 0. The van der Waals surface area contributed by atoms with Gasteiger partial charge >= 0.3 is 0 Å². The van der Waals surface area contributed by atoms with E-state index < -0.39 is 0 Å². The minimum absolute atomic E-state index is 0.0308. The highest BCUT2D eigenvalue weighted by atomic mass is 79.9. The first-order valence-electron chi connectivity index (χ1n) is 6.84. The van der Waals surface area contributed by atoms with Crippen molar-refractivity contribution < 1.29 is 4.74 Å².